The molecule has 3 aliphatic carbocycles. The number of rotatable bonds is 8. The van der Waals surface area contributed by atoms with Crippen LogP contribution in [-0.4, -0.2) is 74.0 Å². The molecule has 1 aliphatic heterocycles. The van der Waals surface area contributed by atoms with E-state index in [9.17, 15) is 10.2 Å². The maximum atomic E-state index is 10.9. The predicted octanol–water partition coefficient (Wildman–Crippen LogP) is 3.52. The highest BCUT2D eigenvalue weighted by Crippen LogP contribution is 2.44. The van der Waals surface area contributed by atoms with E-state index in [2.05, 4.69) is 52.4 Å². The fourth-order valence-electron chi connectivity index (χ4n) is 7.67. The molecule has 0 saturated heterocycles. The van der Waals surface area contributed by atoms with Crippen LogP contribution in [0.15, 0.2) is 35.5 Å². The topological polar surface area (TPSA) is 128 Å². The second kappa shape index (κ2) is 9.89. The monoisotopic (exact) mass is 545 g/mol. The lowest BCUT2D eigenvalue weighted by Gasteiger charge is -2.42. The molecule has 3 aromatic rings. The first-order valence-corrected chi connectivity index (χ1v) is 15.1. The van der Waals surface area contributed by atoms with E-state index in [-0.39, 0.29) is 12.0 Å². The van der Waals surface area contributed by atoms with Gasteiger partial charge in [0, 0.05) is 31.1 Å². The van der Waals surface area contributed by atoms with Crippen molar-refractivity contribution in [2.75, 3.05) is 25.6 Å². The highest BCUT2D eigenvalue weighted by molar-refractivity contribution is 6.03. The average molecular weight is 546 g/mol. The molecule has 0 spiro atoms. The van der Waals surface area contributed by atoms with Crippen molar-refractivity contribution in [2.24, 2.45) is 22.6 Å². The molecule has 7 rings (SSSR count). The Balaban J connectivity index is 0.908. The molecule has 0 unspecified atom stereocenters. The molecular formula is C31H43N7O2. The van der Waals surface area contributed by atoms with Gasteiger partial charge in [-0.3, -0.25) is 0 Å². The summed E-state index contributed by atoms with van der Waals surface area (Å²) in [5.41, 5.74) is 11.0. The number of fused-ring (bicyclic) bond motifs is 2. The van der Waals surface area contributed by atoms with Crippen LogP contribution in [0.25, 0.3) is 11.0 Å². The van der Waals surface area contributed by atoms with Crippen molar-refractivity contribution >= 4 is 22.7 Å². The van der Waals surface area contributed by atoms with Gasteiger partial charge in [0.05, 0.1) is 28.7 Å². The smallest absolute Gasteiger partial charge is 0.131 e. The fraction of sp³-hybridized carbons (Fsp3) is 0.613. The van der Waals surface area contributed by atoms with Gasteiger partial charge in [-0.15, -0.1) is 0 Å². The number of H-pyrrole nitrogens is 1. The van der Waals surface area contributed by atoms with Crippen molar-refractivity contribution in [3.05, 3.63) is 47.4 Å². The second-order valence-corrected chi connectivity index (χ2v) is 13.2. The Bertz CT molecular complexity index is 1420. The zero-order chi connectivity index (χ0) is 27.6. The lowest BCUT2D eigenvalue weighted by molar-refractivity contribution is -0.00672. The number of amidine groups is 1. The summed E-state index contributed by atoms with van der Waals surface area (Å²) >= 11 is 0. The number of aliphatic hydroxyl groups excluding tert-OH is 2. The van der Waals surface area contributed by atoms with E-state index in [0.717, 1.165) is 48.5 Å². The third-order valence-corrected chi connectivity index (χ3v) is 10.6. The molecule has 4 aliphatic rings. The highest BCUT2D eigenvalue weighted by atomic mass is 16.3. The number of aromatic amines is 1. The molecule has 40 heavy (non-hydrogen) atoms. The Morgan fingerprint density at radius 1 is 1.15 bits per heavy atom. The van der Waals surface area contributed by atoms with Gasteiger partial charge >= 0.3 is 0 Å². The van der Waals surface area contributed by atoms with E-state index in [1.54, 1.807) is 0 Å². The minimum atomic E-state index is -0.803. The van der Waals surface area contributed by atoms with Gasteiger partial charge in [0.25, 0.3) is 0 Å². The van der Waals surface area contributed by atoms with E-state index in [4.69, 9.17) is 10.7 Å². The van der Waals surface area contributed by atoms with Crippen molar-refractivity contribution < 1.29 is 10.2 Å². The SMILES string of the molecule is CN(C[C@H]1C[C@@H](n2ccc3c2NCN=C3N)[C@H](O)[C@@H]1O)C1CC(CCc2nc3ccc(C4(C)CCC4)cc3[nH]2)C1. The quantitative estimate of drug-likeness (QED) is 0.295. The first-order valence-electron chi connectivity index (χ1n) is 15.1. The molecule has 0 bridgehead atoms. The molecule has 3 heterocycles. The van der Waals surface area contributed by atoms with E-state index in [0.29, 0.717) is 29.9 Å². The van der Waals surface area contributed by atoms with Crippen LogP contribution >= 0.6 is 0 Å². The third kappa shape index (κ3) is 4.43. The van der Waals surface area contributed by atoms with Gasteiger partial charge in [-0.25, -0.2) is 9.98 Å². The number of aliphatic imine (C=N–C) groups is 1. The molecule has 6 N–H and O–H groups in total. The maximum Gasteiger partial charge on any atom is 0.131 e. The first kappa shape index (κ1) is 26.0. The van der Waals surface area contributed by atoms with Gasteiger partial charge in [-0.2, -0.15) is 0 Å². The van der Waals surface area contributed by atoms with Crippen LogP contribution in [0.3, 0.4) is 0 Å². The summed E-state index contributed by atoms with van der Waals surface area (Å²) in [6.45, 7) is 3.60. The lowest BCUT2D eigenvalue weighted by atomic mass is 9.66. The van der Waals surface area contributed by atoms with Crippen LogP contribution in [0.2, 0.25) is 0 Å². The van der Waals surface area contributed by atoms with Crippen molar-refractivity contribution in [3.8, 4) is 0 Å². The van der Waals surface area contributed by atoms with E-state index in [1.165, 1.54) is 43.2 Å². The molecule has 0 amide bonds. The number of aliphatic hydroxyl groups is 2. The molecule has 9 heteroatoms. The number of nitrogens with zero attached hydrogens (tertiary/aromatic N) is 4. The van der Waals surface area contributed by atoms with Crippen molar-refractivity contribution in [1.82, 2.24) is 19.4 Å². The van der Waals surface area contributed by atoms with Crippen LogP contribution in [0.1, 0.15) is 74.9 Å². The van der Waals surface area contributed by atoms with Crippen molar-refractivity contribution in [1.29, 1.82) is 0 Å². The number of nitrogens with two attached hydrogens (primary N) is 1. The summed E-state index contributed by atoms with van der Waals surface area (Å²) in [5.74, 6) is 3.24. The molecule has 3 saturated carbocycles. The number of aryl methyl sites for hydroxylation is 1. The predicted molar refractivity (Wildman–Crippen MR) is 158 cm³/mol. The van der Waals surface area contributed by atoms with Gasteiger partial charge in [-0.1, -0.05) is 19.4 Å². The molecular weight excluding hydrogens is 502 g/mol. The Kier molecular flexibility index (Phi) is 6.44. The molecule has 1 aromatic carbocycles. The lowest BCUT2D eigenvalue weighted by Crippen LogP contribution is -2.46. The van der Waals surface area contributed by atoms with Crippen LogP contribution < -0.4 is 11.1 Å². The molecule has 0 radical (unpaired) electrons. The number of benzene rings is 1. The van der Waals surface area contributed by atoms with Gasteiger partial charge in [-0.05, 0) is 80.7 Å². The number of anilines is 1. The number of imidazole rings is 1. The summed E-state index contributed by atoms with van der Waals surface area (Å²) < 4.78 is 2.04. The highest BCUT2D eigenvalue weighted by Gasteiger charge is 2.44. The van der Waals surface area contributed by atoms with E-state index < -0.39 is 12.2 Å². The zero-order valence-corrected chi connectivity index (χ0v) is 23.7. The van der Waals surface area contributed by atoms with Crippen molar-refractivity contribution in [2.45, 2.75) is 88.0 Å². The minimum absolute atomic E-state index is 0.0272. The Labute approximate surface area is 235 Å². The molecule has 214 valence electrons. The molecule has 4 atom stereocenters. The van der Waals surface area contributed by atoms with Crippen LogP contribution in [-0.2, 0) is 11.8 Å². The Morgan fingerprint density at radius 3 is 2.75 bits per heavy atom. The van der Waals surface area contributed by atoms with Gasteiger partial charge in [0.2, 0.25) is 0 Å². The fourth-order valence-corrected chi connectivity index (χ4v) is 7.67. The largest absolute Gasteiger partial charge is 0.390 e. The standard InChI is InChI=1S/C31H43N7O2/c1-31(9-3-10-31)20-5-6-23-24(15-20)36-26(35-23)7-4-18-12-21(13-18)37(2)16-19-14-25(28(40)27(19)39)38-11-8-22-29(32)33-17-34-30(22)38/h5-6,8,11,15,18-19,21,25,27-28,34,39-40H,3-4,7,9-10,12-14,16-17H2,1-2H3,(H2,32,33)(H,35,36)/t18?,19-,21?,25-,27-,28+/m1/s1. The van der Waals surface area contributed by atoms with E-state index >= 15 is 0 Å². The normalized spacial score (nSPS) is 31.0. The first-order chi connectivity index (χ1) is 19.3. The van der Waals surface area contributed by atoms with Crippen LogP contribution in [0.5, 0.6) is 0 Å². The Hall–Kier alpha value is -2.88. The minimum Gasteiger partial charge on any atom is -0.390 e. The summed E-state index contributed by atoms with van der Waals surface area (Å²) in [7, 11) is 2.17. The number of aromatic nitrogens is 3. The third-order valence-electron chi connectivity index (χ3n) is 10.6. The summed E-state index contributed by atoms with van der Waals surface area (Å²) in [6.07, 6.45) is 9.55. The number of hydrogen-bond donors (Lipinski definition) is 5. The summed E-state index contributed by atoms with van der Waals surface area (Å²) in [5, 5.41) is 25.2. The van der Waals surface area contributed by atoms with Gasteiger partial charge < -0.3 is 35.7 Å². The maximum absolute atomic E-state index is 10.9. The second-order valence-electron chi connectivity index (χ2n) is 13.2. The van der Waals surface area contributed by atoms with Crippen molar-refractivity contribution in [3.63, 3.8) is 0 Å². The molecule has 3 fully saturated rings. The number of hydrogen-bond acceptors (Lipinski definition) is 7. The number of nitrogens with one attached hydrogen (secondary N) is 2. The average Bonchev–Trinajstić information content (AvgIpc) is 3.58. The van der Waals surface area contributed by atoms with Gasteiger partial charge in [0.1, 0.15) is 30.3 Å². The zero-order valence-electron chi connectivity index (χ0n) is 23.7. The van der Waals surface area contributed by atoms with Crippen LogP contribution in [0, 0.1) is 11.8 Å². The summed E-state index contributed by atoms with van der Waals surface area (Å²) in [4.78, 5) is 15.1. The molecule has 9 nitrogen and oxygen atoms in total. The van der Waals surface area contributed by atoms with Gasteiger partial charge in [0.15, 0.2) is 0 Å². The van der Waals surface area contributed by atoms with Crippen LogP contribution in [0.4, 0.5) is 5.82 Å². The summed E-state index contributed by atoms with van der Waals surface area (Å²) in [6, 6.07) is 9.07. The Morgan fingerprint density at radius 2 is 1.98 bits per heavy atom. The van der Waals surface area contributed by atoms with E-state index in [1.807, 2.05) is 16.8 Å². The molecule has 2 aromatic heterocycles.